The summed E-state index contributed by atoms with van der Waals surface area (Å²) in [6.45, 7) is 0. The van der Waals surface area contributed by atoms with Gasteiger partial charge in [0.25, 0.3) is 11.8 Å². The molecule has 4 amide bonds. The van der Waals surface area contributed by atoms with Crippen molar-refractivity contribution in [2.24, 2.45) is 0 Å². The highest BCUT2D eigenvalue weighted by Gasteiger charge is 2.38. The van der Waals surface area contributed by atoms with Crippen LogP contribution in [0.3, 0.4) is 0 Å². The maximum absolute atomic E-state index is 12.5. The molecule has 0 spiro atoms. The standard InChI is InChI=1S/C23H17N3O4S/c1-24-21(27)15(22(28)25(2)23(24)29)13-14-11-12-20(31-14)26-16-7-3-5-9-18(16)30-19-10-6-4-8-17(19)26/h3-13H,1-2H3. The first-order valence-corrected chi connectivity index (χ1v) is 10.3. The quantitative estimate of drug-likeness (QED) is 0.338. The zero-order chi connectivity index (χ0) is 21.7. The predicted molar refractivity (Wildman–Crippen MR) is 118 cm³/mol. The molecule has 5 rings (SSSR count). The van der Waals surface area contributed by atoms with Gasteiger partial charge < -0.3 is 4.74 Å². The van der Waals surface area contributed by atoms with Crippen LogP contribution in [0.2, 0.25) is 0 Å². The number of thiophene rings is 1. The Hall–Kier alpha value is -3.91. The minimum atomic E-state index is -0.638. The number of benzene rings is 2. The molecule has 0 unspecified atom stereocenters. The number of amides is 4. The second-order valence-electron chi connectivity index (χ2n) is 7.12. The molecule has 1 saturated heterocycles. The number of nitrogens with zero attached hydrogens (tertiary/aromatic N) is 3. The van der Waals surface area contributed by atoms with Crippen molar-refractivity contribution in [1.82, 2.24) is 9.80 Å². The second-order valence-corrected chi connectivity index (χ2v) is 8.21. The second kappa shape index (κ2) is 7.10. The number of ether oxygens (including phenoxy) is 1. The van der Waals surface area contributed by atoms with Crippen LogP contribution >= 0.6 is 11.3 Å². The monoisotopic (exact) mass is 431 g/mol. The lowest BCUT2D eigenvalue weighted by Crippen LogP contribution is -2.52. The summed E-state index contributed by atoms with van der Waals surface area (Å²) in [4.78, 5) is 41.7. The summed E-state index contributed by atoms with van der Waals surface area (Å²) in [5, 5.41) is 0.906. The SMILES string of the molecule is CN1C(=O)C(=Cc2ccc(N3c4ccccc4Oc4ccccc43)s2)C(=O)N(C)C1=O. The summed E-state index contributed by atoms with van der Waals surface area (Å²) >= 11 is 1.44. The van der Waals surface area contributed by atoms with Crippen molar-refractivity contribution in [3.8, 4) is 11.5 Å². The molecular formula is C23H17N3O4S. The van der Waals surface area contributed by atoms with Crippen LogP contribution in [-0.4, -0.2) is 41.7 Å². The van der Waals surface area contributed by atoms with E-state index in [9.17, 15) is 14.4 Å². The summed E-state index contributed by atoms with van der Waals surface area (Å²) in [6.07, 6.45) is 1.54. The number of carbonyl (C=O) groups is 3. The molecule has 2 aliphatic heterocycles. The van der Waals surface area contributed by atoms with Crippen LogP contribution in [0.1, 0.15) is 4.88 Å². The van der Waals surface area contributed by atoms with Crippen LogP contribution < -0.4 is 9.64 Å². The van der Waals surface area contributed by atoms with E-state index in [0.29, 0.717) is 0 Å². The Morgan fingerprint density at radius 3 is 1.90 bits per heavy atom. The molecular weight excluding hydrogens is 414 g/mol. The third-order valence-electron chi connectivity index (χ3n) is 5.20. The fourth-order valence-electron chi connectivity index (χ4n) is 3.60. The van der Waals surface area contributed by atoms with E-state index >= 15 is 0 Å². The van der Waals surface area contributed by atoms with E-state index in [0.717, 1.165) is 42.6 Å². The smallest absolute Gasteiger partial charge is 0.333 e. The lowest BCUT2D eigenvalue weighted by molar-refractivity contribution is -0.134. The van der Waals surface area contributed by atoms with Gasteiger partial charge in [-0.25, -0.2) is 4.79 Å². The molecule has 0 aliphatic carbocycles. The van der Waals surface area contributed by atoms with Gasteiger partial charge >= 0.3 is 6.03 Å². The number of rotatable bonds is 2. The van der Waals surface area contributed by atoms with Crippen molar-refractivity contribution in [1.29, 1.82) is 0 Å². The lowest BCUT2D eigenvalue weighted by Gasteiger charge is -2.31. The summed E-state index contributed by atoms with van der Waals surface area (Å²) < 4.78 is 6.04. The number of urea groups is 1. The third-order valence-corrected chi connectivity index (χ3v) is 6.21. The maximum Gasteiger partial charge on any atom is 0.333 e. The molecule has 1 fully saturated rings. The normalized spacial score (nSPS) is 15.6. The lowest BCUT2D eigenvalue weighted by atomic mass is 10.1. The molecule has 3 heterocycles. The van der Waals surface area contributed by atoms with Crippen LogP contribution in [0.4, 0.5) is 21.2 Å². The molecule has 3 aromatic rings. The largest absolute Gasteiger partial charge is 0.453 e. The molecule has 8 heteroatoms. The Morgan fingerprint density at radius 2 is 1.32 bits per heavy atom. The van der Waals surface area contributed by atoms with Crippen LogP contribution in [0.15, 0.2) is 66.2 Å². The van der Waals surface area contributed by atoms with Crippen molar-refractivity contribution in [3.63, 3.8) is 0 Å². The van der Waals surface area contributed by atoms with Gasteiger partial charge in [-0.15, -0.1) is 11.3 Å². The molecule has 0 bridgehead atoms. The van der Waals surface area contributed by atoms with Gasteiger partial charge in [0.15, 0.2) is 11.5 Å². The molecule has 7 nitrogen and oxygen atoms in total. The van der Waals surface area contributed by atoms with Crippen molar-refractivity contribution in [2.45, 2.75) is 0 Å². The number of para-hydroxylation sites is 4. The molecule has 0 radical (unpaired) electrons. The van der Waals surface area contributed by atoms with Crippen molar-refractivity contribution < 1.29 is 19.1 Å². The van der Waals surface area contributed by atoms with Crippen LogP contribution in [0.25, 0.3) is 6.08 Å². The number of hydrogen-bond donors (Lipinski definition) is 0. The van der Waals surface area contributed by atoms with Crippen molar-refractivity contribution in [2.75, 3.05) is 19.0 Å². The first kappa shape index (κ1) is 19.1. The van der Waals surface area contributed by atoms with Gasteiger partial charge in [-0.05, 0) is 42.5 Å². The van der Waals surface area contributed by atoms with E-state index in [1.807, 2.05) is 60.7 Å². The van der Waals surface area contributed by atoms with Crippen LogP contribution in [-0.2, 0) is 9.59 Å². The molecule has 0 N–H and O–H groups in total. The maximum atomic E-state index is 12.5. The molecule has 2 aliphatic rings. The molecule has 31 heavy (non-hydrogen) atoms. The fourth-order valence-corrected chi connectivity index (χ4v) is 4.58. The van der Waals surface area contributed by atoms with Crippen LogP contribution in [0, 0.1) is 0 Å². The van der Waals surface area contributed by atoms with Gasteiger partial charge in [-0.2, -0.15) is 0 Å². The summed E-state index contributed by atoms with van der Waals surface area (Å²) in [5.41, 5.74) is 1.76. The topological polar surface area (TPSA) is 70.2 Å². The number of fused-ring (bicyclic) bond motifs is 2. The highest BCUT2D eigenvalue weighted by atomic mass is 32.1. The van der Waals surface area contributed by atoms with Gasteiger partial charge in [0.05, 0.1) is 11.4 Å². The highest BCUT2D eigenvalue weighted by molar-refractivity contribution is 7.17. The van der Waals surface area contributed by atoms with Gasteiger partial charge in [-0.1, -0.05) is 24.3 Å². The Balaban J connectivity index is 1.57. The average molecular weight is 431 g/mol. The Kier molecular flexibility index (Phi) is 4.37. The Labute approximate surface area is 182 Å². The number of likely N-dealkylation sites (N-methyl/N-ethyl adjacent to an activating group) is 2. The van der Waals surface area contributed by atoms with Gasteiger partial charge in [0.1, 0.15) is 10.6 Å². The molecule has 1 aromatic heterocycles. The zero-order valence-corrected chi connectivity index (χ0v) is 17.6. The number of anilines is 3. The molecule has 0 atom stereocenters. The summed E-state index contributed by atoms with van der Waals surface area (Å²) in [6, 6.07) is 18.7. The fraction of sp³-hybridized carbons (Fsp3) is 0.0870. The minimum absolute atomic E-state index is 0.0409. The van der Waals surface area contributed by atoms with Gasteiger partial charge in [0.2, 0.25) is 0 Å². The van der Waals surface area contributed by atoms with E-state index in [-0.39, 0.29) is 5.57 Å². The summed E-state index contributed by atoms with van der Waals surface area (Å²) in [7, 11) is 2.73. The predicted octanol–water partition coefficient (Wildman–Crippen LogP) is 4.76. The van der Waals surface area contributed by atoms with E-state index in [4.69, 9.17) is 4.74 Å². The zero-order valence-electron chi connectivity index (χ0n) is 16.7. The molecule has 0 saturated carbocycles. The number of carbonyl (C=O) groups excluding carboxylic acids is 3. The van der Waals surface area contributed by atoms with Crippen LogP contribution in [0.5, 0.6) is 11.5 Å². The van der Waals surface area contributed by atoms with E-state index < -0.39 is 17.8 Å². The first-order valence-electron chi connectivity index (χ1n) is 9.53. The van der Waals surface area contributed by atoms with E-state index in [1.165, 1.54) is 31.5 Å². The number of imide groups is 2. The minimum Gasteiger partial charge on any atom is -0.453 e. The molecule has 154 valence electrons. The summed E-state index contributed by atoms with van der Waals surface area (Å²) in [5.74, 6) is 0.276. The Bertz CT molecular complexity index is 1210. The van der Waals surface area contributed by atoms with E-state index in [2.05, 4.69) is 4.90 Å². The first-order chi connectivity index (χ1) is 15.0. The van der Waals surface area contributed by atoms with Gasteiger partial charge in [0, 0.05) is 19.0 Å². The van der Waals surface area contributed by atoms with Crippen molar-refractivity contribution in [3.05, 3.63) is 71.1 Å². The Morgan fingerprint density at radius 1 is 0.774 bits per heavy atom. The highest BCUT2D eigenvalue weighted by Crippen LogP contribution is 2.51. The number of hydrogen-bond acceptors (Lipinski definition) is 6. The van der Waals surface area contributed by atoms with Crippen molar-refractivity contribution >= 4 is 51.6 Å². The number of barbiturate groups is 1. The van der Waals surface area contributed by atoms with Gasteiger partial charge in [-0.3, -0.25) is 24.3 Å². The third kappa shape index (κ3) is 3.00. The van der Waals surface area contributed by atoms with E-state index in [1.54, 1.807) is 0 Å². The average Bonchev–Trinajstić information content (AvgIpc) is 3.25. The molecule has 2 aromatic carbocycles.